The van der Waals surface area contributed by atoms with Crippen molar-refractivity contribution in [2.75, 3.05) is 17.7 Å². The zero-order valence-electron chi connectivity index (χ0n) is 21.1. The van der Waals surface area contributed by atoms with Gasteiger partial charge in [-0.15, -0.1) is 16.8 Å². The predicted octanol–water partition coefficient (Wildman–Crippen LogP) is 5.38. The Balaban J connectivity index is 1.62. The number of aryl methyl sites for hydroxylation is 1. The number of thioether (sulfide) groups is 1. The maximum Gasteiger partial charge on any atom is 0.338 e. The number of carbonyl (C=O) groups excluding carboxylic acids is 2. The zero-order chi connectivity index (χ0) is 26.1. The minimum absolute atomic E-state index is 0.144. The lowest BCUT2D eigenvalue weighted by atomic mass is 10.0. The normalized spacial score (nSPS) is 10.8. The molecule has 0 aliphatic carbocycles. The lowest BCUT2D eigenvalue weighted by molar-refractivity contribution is -0.113. The van der Waals surface area contributed by atoms with Crippen LogP contribution in [0.1, 0.15) is 54.0 Å². The van der Waals surface area contributed by atoms with E-state index < -0.39 is 5.97 Å². The van der Waals surface area contributed by atoms with Crippen LogP contribution in [0.2, 0.25) is 0 Å². The minimum atomic E-state index is -0.393. The summed E-state index contributed by atoms with van der Waals surface area (Å²) >= 11 is 1.28. The summed E-state index contributed by atoms with van der Waals surface area (Å²) < 4.78 is 13.0. The summed E-state index contributed by atoms with van der Waals surface area (Å²) in [5.74, 6) is 1.37. The van der Waals surface area contributed by atoms with E-state index in [1.54, 1.807) is 37.3 Å². The molecule has 8 nitrogen and oxygen atoms in total. The summed E-state index contributed by atoms with van der Waals surface area (Å²) in [6, 6.07) is 12.8. The Kier molecular flexibility index (Phi) is 9.69. The number of hydrogen-bond donors (Lipinski definition) is 1. The van der Waals surface area contributed by atoms with Crippen LogP contribution in [0.25, 0.3) is 0 Å². The number of amides is 1. The van der Waals surface area contributed by atoms with Gasteiger partial charge in [0, 0.05) is 12.2 Å². The van der Waals surface area contributed by atoms with Gasteiger partial charge >= 0.3 is 5.97 Å². The second kappa shape index (κ2) is 12.9. The van der Waals surface area contributed by atoms with Gasteiger partial charge in [0.15, 0.2) is 11.0 Å². The standard InChI is InChI=1S/C27H32N4O4S/c1-6-14-31-24(16-35-23-15-19(5)8-13-22(23)18(3)4)29-30-27(31)36-17-25(32)28-21-11-9-20(10-12-21)26(33)34-7-2/h6,8-13,15,18H,1,7,14,16-17H2,2-5H3,(H,28,32). The smallest absolute Gasteiger partial charge is 0.338 e. The van der Waals surface area contributed by atoms with Gasteiger partial charge in [0.25, 0.3) is 0 Å². The number of carbonyl (C=O) groups is 2. The highest BCUT2D eigenvalue weighted by Gasteiger charge is 2.16. The molecule has 1 amide bonds. The highest BCUT2D eigenvalue weighted by atomic mass is 32.2. The van der Waals surface area contributed by atoms with Crippen molar-refractivity contribution < 1.29 is 19.1 Å². The van der Waals surface area contributed by atoms with E-state index in [0.29, 0.717) is 41.3 Å². The molecule has 0 aliphatic heterocycles. The van der Waals surface area contributed by atoms with E-state index in [4.69, 9.17) is 9.47 Å². The fourth-order valence-electron chi connectivity index (χ4n) is 3.46. The lowest BCUT2D eigenvalue weighted by Gasteiger charge is -2.15. The molecule has 1 N–H and O–H groups in total. The number of rotatable bonds is 12. The van der Waals surface area contributed by atoms with E-state index in [1.807, 2.05) is 17.6 Å². The summed E-state index contributed by atoms with van der Waals surface area (Å²) in [4.78, 5) is 24.3. The Morgan fingerprint density at radius 1 is 1.17 bits per heavy atom. The third-order valence-electron chi connectivity index (χ3n) is 5.27. The van der Waals surface area contributed by atoms with Crippen LogP contribution in [0.4, 0.5) is 5.69 Å². The number of nitrogens with zero attached hydrogens (tertiary/aromatic N) is 3. The molecular weight excluding hydrogens is 476 g/mol. The van der Waals surface area contributed by atoms with Crippen LogP contribution in [-0.4, -0.2) is 39.0 Å². The molecule has 190 valence electrons. The number of benzene rings is 2. The lowest BCUT2D eigenvalue weighted by Crippen LogP contribution is -2.15. The first-order chi connectivity index (χ1) is 17.3. The van der Waals surface area contributed by atoms with Gasteiger partial charge in [-0.25, -0.2) is 4.79 Å². The predicted molar refractivity (Wildman–Crippen MR) is 142 cm³/mol. The fourth-order valence-corrected chi connectivity index (χ4v) is 4.23. The van der Waals surface area contributed by atoms with E-state index in [-0.39, 0.29) is 18.3 Å². The fraction of sp³-hybridized carbons (Fsp3) is 0.333. The third kappa shape index (κ3) is 7.21. The van der Waals surface area contributed by atoms with Gasteiger partial charge < -0.3 is 14.8 Å². The van der Waals surface area contributed by atoms with E-state index in [0.717, 1.165) is 16.9 Å². The van der Waals surface area contributed by atoms with Crippen molar-refractivity contribution in [3.63, 3.8) is 0 Å². The van der Waals surface area contributed by atoms with E-state index in [2.05, 4.69) is 48.1 Å². The van der Waals surface area contributed by atoms with Gasteiger partial charge in [-0.1, -0.05) is 43.8 Å². The number of nitrogens with one attached hydrogen (secondary N) is 1. The van der Waals surface area contributed by atoms with Crippen LogP contribution < -0.4 is 10.1 Å². The highest BCUT2D eigenvalue weighted by molar-refractivity contribution is 7.99. The summed E-state index contributed by atoms with van der Waals surface area (Å²) in [6.07, 6.45) is 1.76. The second-order valence-electron chi connectivity index (χ2n) is 8.42. The largest absolute Gasteiger partial charge is 0.485 e. The molecule has 36 heavy (non-hydrogen) atoms. The first-order valence-electron chi connectivity index (χ1n) is 11.8. The summed E-state index contributed by atoms with van der Waals surface area (Å²) in [6.45, 7) is 12.9. The SMILES string of the molecule is C=CCn1c(COc2cc(C)ccc2C(C)C)nnc1SCC(=O)Nc1ccc(C(=O)OCC)cc1. The van der Waals surface area contributed by atoms with Gasteiger partial charge in [0.05, 0.1) is 17.9 Å². The summed E-state index contributed by atoms with van der Waals surface area (Å²) in [5, 5.41) is 12.0. The Labute approximate surface area is 216 Å². The van der Waals surface area contributed by atoms with E-state index in [1.165, 1.54) is 11.8 Å². The first-order valence-corrected chi connectivity index (χ1v) is 12.8. The number of esters is 1. The molecule has 0 saturated heterocycles. The molecule has 1 aromatic heterocycles. The van der Waals surface area contributed by atoms with Gasteiger partial charge in [-0.2, -0.15) is 0 Å². The van der Waals surface area contributed by atoms with Crippen molar-refractivity contribution in [3.8, 4) is 5.75 Å². The number of hydrogen-bond acceptors (Lipinski definition) is 7. The molecule has 3 rings (SSSR count). The zero-order valence-corrected chi connectivity index (χ0v) is 21.9. The molecule has 0 atom stereocenters. The Morgan fingerprint density at radius 3 is 2.58 bits per heavy atom. The third-order valence-corrected chi connectivity index (χ3v) is 6.23. The van der Waals surface area contributed by atoms with Crippen LogP contribution in [0, 0.1) is 6.92 Å². The molecule has 0 bridgehead atoms. The van der Waals surface area contributed by atoms with Gasteiger partial charge in [0.2, 0.25) is 5.91 Å². The molecular formula is C27H32N4O4S. The van der Waals surface area contributed by atoms with Crippen LogP contribution in [0.3, 0.4) is 0 Å². The van der Waals surface area contributed by atoms with E-state index >= 15 is 0 Å². The summed E-state index contributed by atoms with van der Waals surface area (Å²) in [7, 11) is 0. The molecule has 1 heterocycles. The molecule has 9 heteroatoms. The molecule has 0 radical (unpaired) electrons. The molecule has 0 unspecified atom stereocenters. The molecule has 0 aliphatic rings. The van der Waals surface area contributed by atoms with Crippen molar-refractivity contribution >= 4 is 29.3 Å². The maximum atomic E-state index is 12.5. The molecule has 0 fully saturated rings. The Hall–Kier alpha value is -3.59. The van der Waals surface area contributed by atoms with Crippen LogP contribution in [0.5, 0.6) is 5.75 Å². The van der Waals surface area contributed by atoms with Crippen molar-refractivity contribution in [2.24, 2.45) is 0 Å². The average molecular weight is 509 g/mol. The number of ether oxygens (including phenoxy) is 2. The maximum absolute atomic E-state index is 12.5. The minimum Gasteiger partial charge on any atom is -0.485 e. The van der Waals surface area contributed by atoms with Gasteiger partial charge in [-0.3, -0.25) is 9.36 Å². The Morgan fingerprint density at radius 2 is 1.92 bits per heavy atom. The number of allylic oxidation sites excluding steroid dienone is 1. The second-order valence-corrected chi connectivity index (χ2v) is 9.36. The topological polar surface area (TPSA) is 95.3 Å². The van der Waals surface area contributed by atoms with Gasteiger partial charge in [0.1, 0.15) is 12.4 Å². The van der Waals surface area contributed by atoms with Crippen LogP contribution in [0.15, 0.2) is 60.3 Å². The van der Waals surface area contributed by atoms with Gasteiger partial charge in [-0.05, 0) is 61.2 Å². The molecule has 2 aromatic carbocycles. The average Bonchev–Trinajstić information content (AvgIpc) is 3.23. The van der Waals surface area contributed by atoms with Crippen molar-refractivity contribution in [1.82, 2.24) is 14.8 Å². The Bertz CT molecular complexity index is 1200. The van der Waals surface area contributed by atoms with Crippen molar-refractivity contribution in [2.45, 2.75) is 51.9 Å². The van der Waals surface area contributed by atoms with Crippen LogP contribution in [-0.2, 0) is 22.7 Å². The quantitative estimate of drug-likeness (QED) is 0.199. The van der Waals surface area contributed by atoms with Crippen LogP contribution >= 0.6 is 11.8 Å². The molecule has 3 aromatic rings. The number of anilines is 1. The van der Waals surface area contributed by atoms with Crippen molar-refractivity contribution in [1.29, 1.82) is 0 Å². The van der Waals surface area contributed by atoms with Crippen molar-refractivity contribution in [3.05, 3.63) is 77.6 Å². The van der Waals surface area contributed by atoms with E-state index in [9.17, 15) is 9.59 Å². The number of aromatic nitrogens is 3. The monoisotopic (exact) mass is 508 g/mol. The highest BCUT2D eigenvalue weighted by Crippen LogP contribution is 2.28. The molecule has 0 saturated carbocycles. The molecule has 0 spiro atoms. The summed E-state index contributed by atoms with van der Waals surface area (Å²) in [5.41, 5.74) is 3.29. The first kappa shape index (κ1) is 27.0.